The highest BCUT2D eigenvalue weighted by Gasteiger charge is 2.44. The summed E-state index contributed by atoms with van der Waals surface area (Å²) in [7, 11) is 0. The highest BCUT2D eigenvalue weighted by Crippen LogP contribution is 2.45. The highest BCUT2D eigenvalue weighted by atomic mass is 16.2. The number of aryl methyl sites for hydroxylation is 1. The predicted molar refractivity (Wildman–Crippen MR) is 96.7 cm³/mol. The molecule has 0 heterocycles. The maximum Gasteiger partial charge on any atom is 0.223 e. The van der Waals surface area contributed by atoms with Crippen LogP contribution < -0.4 is 5.73 Å². The average Bonchev–Trinajstić information content (AvgIpc) is 3.27. The SMILES string of the molecule is Cc1ccccc1C1CC(N(C(=O)C[C@@H]2CCC[C@H]2N)C2CC2)C1. The van der Waals surface area contributed by atoms with E-state index in [1.807, 2.05) is 0 Å². The maximum absolute atomic E-state index is 12.9. The Morgan fingerprint density at radius 3 is 2.50 bits per heavy atom. The van der Waals surface area contributed by atoms with E-state index in [9.17, 15) is 4.79 Å². The fourth-order valence-electron chi connectivity index (χ4n) is 4.82. The number of nitrogens with zero attached hydrogens (tertiary/aromatic N) is 1. The van der Waals surface area contributed by atoms with Crippen molar-refractivity contribution in [1.82, 2.24) is 4.90 Å². The van der Waals surface area contributed by atoms with Gasteiger partial charge in [0.2, 0.25) is 5.91 Å². The van der Waals surface area contributed by atoms with Crippen molar-refractivity contribution in [2.45, 2.75) is 82.3 Å². The first-order valence-corrected chi connectivity index (χ1v) is 9.75. The van der Waals surface area contributed by atoms with Crippen molar-refractivity contribution >= 4 is 5.91 Å². The van der Waals surface area contributed by atoms with Crippen molar-refractivity contribution in [3.8, 4) is 0 Å². The first kappa shape index (κ1) is 16.1. The summed E-state index contributed by atoms with van der Waals surface area (Å²) in [6, 6.07) is 9.95. The third kappa shape index (κ3) is 3.11. The summed E-state index contributed by atoms with van der Waals surface area (Å²) in [6.07, 6.45) is 8.81. The molecule has 0 aromatic heterocycles. The second-order valence-electron chi connectivity index (χ2n) is 8.27. The molecule has 0 radical (unpaired) electrons. The summed E-state index contributed by atoms with van der Waals surface area (Å²) in [6.45, 7) is 2.20. The van der Waals surface area contributed by atoms with Gasteiger partial charge in [-0.25, -0.2) is 0 Å². The van der Waals surface area contributed by atoms with E-state index in [1.54, 1.807) is 0 Å². The third-order valence-corrected chi connectivity index (χ3v) is 6.52. The molecule has 3 fully saturated rings. The Morgan fingerprint density at radius 1 is 1.12 bits per heavy atom. The molecule has 0 saturated heterocycles. The van der Waals surface area contributed by atoms with Crippen molar-refractivity contribution in [2.75, 3.05) is 0 Å². The van der Waals surface area contributed by atoms with E-state index < -0.39 is 0 Å². The number of hydrogen-bond acceptors (Lipinski definition) is 2. The van der Waals surface area contributed by atoms with Crippen LogP contribution in [0.3, 0.4) is 0 Å². The zero-order valence-electron chi connectivity index (χ0n) is 14.8. The molecule has 1 amide bonds. The van der Waals surface area contributed by atoms with Gasteiger partial charge in [0.05, 0.1) is 0 Å². The van der Waals surface area contributed by atoms with Crippen molar-refractivity contribution < 1.29 is 4.79 Å². The molecule has 2 N–H and O–H groups in total. The standard InChI is InChI=1S/C21H30N2O/c1-14-5-2-3-7-19(14)16-11-18(12-16)23(17-9-10-17)21(24)13-15-6-4-8-20(15)22/h2-3,5,7,15-18,20H,4,6,8-13,22H2,1H3/t15-,16?,18?,20+/m0/s1. The Bertz CT molecular complexity index is 604. The Kier molecular flexibility index (Phi) is 4.38. The quantitative estimate of drug-likeness (QED) is 0.896. The van der Waals surface area contributed by atoms with Gasteiger partial charge < -0.3 is 10.6 Å². The molecule has 2 atom stereocenters. The molecule has 130 valence electrons. The van der Waals surface area contributed by atoms with E-state index in [4.69, 9.17) is 5.73 Å². The van der Waals surface area contributed by atoms with Crippen LogP contribution in [-0.4, -0.2) is 28.9 Å². The van der Waals surface area contributed by atoms with Crippen molar-refractivity contribution in [1.29, 1.82) is 0 Å². The van der Waals surface area contributed by atoms with Crippen LogP contribution in [0.4, 0.5) is 0 Å². The van der Waals surface area contributed by atoms with Gasteiger partial charge >= 0.3 is 0 Å². The smallest absolute Gasteiger partial charge is 0.223 e. The van der Waals surface area contributed by atoms with Crippen LogP contribution in [0.15, 0.2) is 24.3 Å². The second-order valence-corrected chi connectivity index (χ2v) is 8.27. The summed E-state index contributed by atoms with van der Waals surface area (Å²) < 4.78 is 0. The molecule has 0 unspecified atom stereocenters. The van der Waals surface area contributed by atoms with Crippen LogP contribution in [0.2, 0.25) is 0 Å². The van der Waals surface area contributed by atoms with Gasteiger partial charge in [-0.3, -0.25) is 4.79 Å². The maximum atomic E-state index is 12.9. The van der Waals surface area contributed by atoms with Crippen molar-refractivity contribution in [2.24, 2.45) is 11.7 Å². The number of carbonyl (C=O) groups is 1. The molecule has 24 heavy (non-hydrogen) atoms. The summed E-state index contributed by atoms with van der Waals surface area (Å²) in [5.74, 6) is 1.44. The molecule has 4 rings (SSSR count). The fraction of sp³-hybridized carbons (Fsp3) is 0.667. The zero-order valence-corrected chi connectivity index (χ0v) is 14.8. The number of nitrogens with two attached hydrogens (primary N) is 1. The summed E-state index contributed by atoms with van der Waals surface area (Å²) >= 11 is 0. The zero-order chi connectivity index (χ0) is 16.7. The molecule has 1 aromatic rings. The molecular formula is C21H30N2O. The second kappa shape index (κ2) is 6.51. The van der Waals surface area contributed by atoms with E-state index in [1.165, 1.54) is 30.4 Å². The molecule has 0 spiro atoms. The van der Waals surface area contributed by atoms with E-state index in [0.29, 0.717) is 36.2 Å². The lowest BCUT2D eigenvalue weighted by Crippen LogP contribution is -2.49. The normalized spacial score (nSPS) is 32.4. The van der Waals surface area contributed by atoms with Crippen LogP contribution in [-0.2, 0) is 4.79 Å². The molecule has 3 heteroatoms. The average molecular weight is 326 g/mol. The molecule has 3 saturated carbocycles. The Hall–Kier alpha value is -1.35. The van der Waals surface area contributed by atoms with E-state index in [2.05, 4.69) is 36.1 Å². The predicted octanol–water partition coefficient (Wildman–Crippen LogP) is 3.75. The van der Waals surface area contributed by atoms with Crippen LogP contribution in [0.1, 0.15) is 68.4 Å². The molecule has 0 bridgehead atoms. The lowest BCUT2D eigenvalue weighted by Gasteiger charge is -2.44. The number of carbonyl (C=O) groups excluding carboxylic acids is 1. The van der Waals surface area contributed by atoms with Crippen LogP contribution in [0, 0.1) is 12.8 Å². The molecule has 3 nitrogen and oxygen atoms in total. The van der Waals surface area contributed by atoms with Crippen LogP contribution in [0.25, 0.3) is 0 Å². The van der Waals surface area contributed by atoms with Gasteiger partial charge in [-0.05, 0) is 68.4 Å². The molecule has 0 aliphatic heterocycles. The summed E-state index contributed by atoms with van der Waals surface area (Å²) in [5, 5.41) is 0. The Morgan fingerprint density at radius 2 is 1.88 bits per heavy atom. The number of benzene rings is 1. The van der Waals surface area contributed by atoms with Gasteiger partial charge in [0.25, 0.3) is 0 Å². The van der Waals surface area contributed by atoms with Crippen molar-refractivity contribution in [3.05, 3.63) is 35.4 Å². The van der Waals surface area contributed by atoms with E-state index in [-0.39, 0.29) is 6.04 Å². The van der Waals surface area contributed by atoms with Crippen molar-refractivity contribution in [3.63, 3.8) is 0 Å². The summed E-state index contributed by atoms with van der Waals surface area (Å²) in [4.78, 5) is 15.2. The molecule has 1 aromatic carbocycles. The van der Waals surface area contributed by atoms with E-state index in [0.717, 1.165) is 25.7 Å². The lowest BCUT2D eigenvalue weighted by molar-refractivity contribution is -0.137. The fourth-order valence-corrected chi connectivity index (χ4v) is 4.82. The molecular weight excluding hydrogens is 296 g/mol. The first-order valence-electron chi connectivity index (χ1n) is 9.75. The van der Waals surface area contributed by atoms with Crippen LogP contribution >= 0.6 is 0 Å². The lowest BCUT2D eigenvalue weighted by atomic mass is 9.73. The minimum absolute atomic E-state index is 0.246. The van der Waals surface area contributed by atoms with Gasteiger partial charge in [0.15, 0.2) is 0 Å². The monoisotopic (exact) mass is 326 g/mol. The van der Waals surface area contributed by atoms with Gasteiger partial charge in [0, 0.05) is 24.5 Å². The van der Waals surface area contributed by atoms with Gasteiger partial charge in [-0.15, -0.1) is 0 Å². The van der Waals surface area contributed by atoms with Crippen LogP contribution in [0.5, 0.6) is 0 Å². The number of amides is 1. The number of rotatable bonds is 5. The van der Waals surface area contributed by atoms with Gasteiger partial charge in [-0.1, -0.05) is 30.7 Å². The number of hydrogen-bond donors (Lipinski definition) is 1. The first-order chi connectivity index (χ1) is 11.6. The third-order valence-electron chi connectivity index (χ3n) is 6.52. The molecule has 3 aliphatic carbocycles. The topological polar surface area (TPSA) is 46.3 Å². The Balaban J connectivity index is 1.38. The minimum atomic E-state index is 0.246. The largest absolute Gasteiger partial charge is 0.337 e. The van der Waals surface area contributed by atoms with Gasteiger partial charge in [0.1, 0.15) is 0 Å². The van der Waals surface area contributed by atoms with Gasteiger partial charge in [-0.2, -0.15) is 0 Å². The highest BCUT2D eigenvalue weighted by molar-refractivity contribution is 5.78. The van der Waals surface area contributed by atoms with E-state index >= 15 is 0 Å². The molecule has 3 aliphatic rings. The summed E-state index contributed by atoms with van der Waals surface area (Å²) in [5.41, 5.74) is 9.06. The Labute approximate surface area is 145 Å². The minimum Gasteiger partial charge on any atom is -0.337 e.